The van der Waals surface area contributed by atoms with Crippen LogP contribution in [0.2, 0.25) is 0 Å². The molecule has 1 rings (SSSR count). The summed E-state index contributed by atoms with van der Waals surface area (Å²) in [5, 5.41) is 3.61. The Labute approximate surface area is 105 Å². The molecule has 0 fully saturated rings. The number of benzene rings is 1. The van der Waals surface area contributed by atoms with Gasteiger partial charge in [0, 0.05) is 19.3 Å². The van der Waals surface area contributed by atoms with Gasteiger partial charge < -0.3 is 10.1 Å². The van der Waals surface area contributed by atoms with E-state index in [-0.39, 0.29) is 0 Å². The van der Waals surface area contributed by atoms with Crippen LogP contribution < -0.4 is 5.32 Å². The van der Waals surface area contributed by atoms with Crippen molar-refractivity contribution in [2.75, 3.05) is 19.8 Å². The highest BCUT2D eigenvalue weighted by molar-refractivity contribution is 5.18. The van der Waals surface area contributed by atoms with Gasteiger partial charge in [0.05, 0.1) is 0 Å². The first-order chi connectivity index (χ1) is 8.38. The second-order valence-electron chi connectivity index (χ2n) is 4.26. The van der Waals surface area contributed by atoms with Crippen LogP contribution in [0.3, 0.4) is 0 Å². The first-order valence-electron chi connectivity index (χ1n) is 6.74. The monoisotopic (exact) mass is 235 g/mol. The van der Waals surface area contributed by atoms with Gasteiger partial charge in [0.1, 0.15) is 0 Å². The van der Waals surface area contributed by atoms with E-state index in [4.69, 9.17) is 4.74 Å². The summed E-state index contributed by atoms with van der Waals surface area (Å²) in [6.07, 6.45) is 3.43. The molecule has 0 aliphatic rings. The third-order valence-corrected chi connectivity index (χ3v) is 2.83. The standard InChI is InChI=1S/C15H25NO/c1-3-12-16-15(11-8-13-17-4-2)14-9-6-5-7-10-14/h5-7,9-10,15-16H,3-4,8,11-13H2,1-2H3. The fourth-order valence-corrected chi connectivity index (χ4v) is 1.92. The molecule has 0 spiro atoms. The highest BCUT2D eigenvalue weighted by atomic mass is 16.5. The molecule has 1 aromatic rings. The van der Waals surface area contributed by atoms with E-state index in [9.17, 15) is 0 Å². The third kappa shape index (κ3) is 5.85. The zero-order valence-corrected chi connectivity index (χ0v) is 11.1. The van der Waals surface area contributed by atoms with Gasteiger partial charge in [0.2, 0.25) is 0 Å². The Morgan fingerprint density at radius 1 is 1.18 bits per heavy atom. The van der Waals surface area contributed by atoms with Gasteiger partial charge >= 0.3 is 0 Å². The Bertz CT molecular complexity index is 274. The van der Waals surface area contributed by atoms with Gasteiger partial charge in [-0.25, -0.2) is 0 Å². The van der Waals surface area contributed by atoms with Gasteiger partial charge in [0.25, 0.3) is 0 Å². The van der Waals surface area contributed by atoms with E-state index in [1.54, 1.807) is 0 Å². The van der Waals surface area contributed by atoms with Crippen LogP contribution in [0.25, 0.3) is 0 Å². The van der Waals surface area contributed by atoms with Gasteiger partial charge in [0.15, 0.2) is 0 Å². The molecule has 0 aromatic heterocycles. The zero-order chi connectivity index (χ0) is 12.3. The molecule has 0 saturated carbocycles. The number of rotatable bonds is 9. The summed E-state index contributed by atoms with van der Waals surface area (Å²) in [4.78, 5) is 0. The van der Waals surface area contributed by atoms with E-state index in [2.05, 4.69) is 42.6 Å². The summed E-state index contributed by atoms with van der Waals surface area (Å²) in [6.45, 7) is 7.01. The predicted octanol–water partition coefficient (Wildman–Crippen LogP) is 3.54. The zero-order valence-electron chi connectivity index (χ0n) is 11.1. The quantitative estimate of drug-likeness (QED) is 0.661. The van der Waals surface area contributed by atoms with Crippen LogP contribution >= 0.6 is 0 Å². The molecule has 1 aromatic carbocycles. The lowest BCUT2D eigenvalue weighted by Gasteiger charge is -2.18. The van der Waals surface area contributed by atoms with Crippen molar-refractivity contribution in [3.05, 3.63) is 35.9 Å². The number of hydrogen-bond donors (Lipinski definition) is 1. The molecular formula is C15H25NO. The summed E-state index contributed by atoms with van der Waals surface area (Å²) in [5.41, 5.74) is 1.39. The fourth-order valence-electron chi connectivity index (χ4n) is 1.92. The van der Waals surface area contributed by atoms with E-state index in [0.29, 0.717) is 6.04 Å². The molecular weight excluding hydrogens is 210 g/mol. The van der Waals surface area contributed by atoms with E-state index in [1.165, 1.54) is 12.0 Å². The summed E-state index contributed by atoms with van der Waals surface area (Å²) in [6, 6.07) is 11.2. The van der Waals surface area contributed by atoms with E-state index in [0.717, 1.165) is 32.6 Å². The highest BCUT2D eigenvalue weighted by Gasteiger charge is 2.09. The average molecular weight is 235 g/mol. The fraction of sp³-hybridized carbons (Fsp3) is 0.600. The smallest absolute Gasteiger partial charge is 0.0466 e. The molecule has 0 bridgehead atoms. The maximum Gasteiger partial charge on any atom is 0.0466 e. The molecule has 1 N–H and O–H groups in total. The highest BCUT2D eigenvalue weighted by Crippen LogP contribution is 2.18. The first kappa shape index (κ1) is 14.2. The Kier molecular flexibility index (Phi) is 7.69. The lowest BCUT2D eigenvalue weighted by Crippen LogP contribution is -2.22. The van der Waals surface area contributed by atoms with Crippen molar-refractivity contribution in [3.8, 4) is 0 Å². The van der Waals surface area contributed by atoms with Gasteiger partial charge in [-0.2, -0.15) is 0 Å². The molecule has 1 atom stereocenters. The number of nitrogens with one attached hydrogen (secondary N) is 1. The van der Waals surface area contributed by atoms with Crippen LogP contribution in [-0.4, -0.2) is 19.8 Å². The second-order valence-corrected chi connectivity index (χ2v) is 4.26. The Morgan fingerprint density at radius 3 is 2.59 bits per heavy atom. The molecule has 17 heavy (non-hydrogen) atoms. The van der Waals surface area contributed by atoms with Gasteiger partial charge in [-0.15, -0.1) is 0 Å². The molecule has 0 radical (unpaired) electrons. The summed E-state index contributed by atoms with van der Waals surface area (Å²) < 4.78 is 5.40. The maximum atomic E-state index is 5.40. The topological polar surface area (TPSA) is 21.3 Å². The predicted molar refractivity (Wildman–Crippen MR) is 73.2 cm³/mol. The van der Waals surface area contributed by atoms with Crippen molar-refractivity contribution in [1.82, 2.24) is 5.32 Å². The van der Waals surface area contributed by atoms with Crippen molar-refractivity contribution in [3.63, 3.8) is 0 Å². The SMILES string of the molecule is CCCNC(CCCOCC)c1ccccc1. The van der Waals surface area contributed by atoms with Crippen LogP contribution in [0.1, 0.15) is 44.7 Å². The second kappa shape index (κ2) is 9.20. The van der Waals surface area contributed by atoms with Crippen LogP contribution in [0.4, 0.5) is 0 Å². The lowest BCUT2D eigenvalue weighted by atomic mass is 10.0. The molecule has 0 heterocycles. The molecule has 1 unspecified atom stereocenters. The van der Waals surface area contributed by atoms with Gasteiger partial charge in [-0.05, 0) is 38.3 Å². The van der Waals surface area contributed by atoms with E-state index < -0.39 is 0 Å². The summed E-state index contributed by atoms with van der Waals surface area (Å²) in [7, 11) is 0. The molecule has 2 nitrogen and oxygen atoms in total. The molecule has 0 saturated heterocycles. The number of hydrogen-bond acceptors (Lipinski definition) is 2. The lowest BCUT2D eigenvalue weighted by molar-refractivity contribution is 0.141. The maximum absolute atomic E-state index is 5.40. The third-order valence-electron chi connectivity index (χ3n) is 2.83. The first-order valence-corrected chi connectivity index (χ1v) is 6.74. The molecule has 0 amide bonds. The van der Waals surface area contributed by atoms with Crippen LogP contribution in [0, 0.1) is 0 Å². The minimum atomic E-state index is 0.469. The molecule has 0 aliphatic heterocycles. The summed E-state index contributed by atoms with van der Waals surface area (Å²) in [5.74, 6) is 0. The molecule has 0 aliphatic carbocycles. The minimum absolute atomic E-state index is 0.469. The van der Waals surface area contributed by atoms with Gasteiger partial charge in [-0.1, -0.05) is 37.3 Å². The average Bonchev–Trinajstić information content (AvgIpc) is 2.39. The van der Waals surface area contributed by atoms with Crippen molar-refractivity contribution in [2.45, 2.75) is 39.2 Å². The van der Waals surface area contributed by atoms with Crippen molar-refractivity contribution in [1.29, 1.82) is 0 Å². The summed E-state index contributed by atoms with van der Waals surface area (Å²) >= 11 is 0. The van der Waals surface area contributed by atoms with Crippen molar-refractivity contribution >= 4 is 0 Å². The van der Waals surface area contributed by atoms with Crippen molar-refractivity contribution < 1.29 is 4.74 Å². The van der Waals surface area contributed by atoms with Crippen LogP contribution in [-0.2, 0) is 4.74 Å². The van der Waals surface area contributed by atoms with E-state index >= 15 is 0 Å². The molecule has 2 heteroatoms. The van der Waals surface area contributed by atoms with Crippen molar-refractivity contribution in [2.24, 2.45) is 0 Å². The molecule has 96 valence electrons. The van der Waals surface area contributed by atoms with E-state index in [1.807, 2.05) is 6.92 Å². The normalized spacial score (nSPS) is 12.6. The number of ether oxygens (including phenoxy) is 1. The van der Waals surface area contributed by atoms with Crippen LogP contribution in [0.15, 0.2) is 30.3 Å². The Morgan fingerprint density at radius 2 is 1.94 bits per heavy atom. The largest absolute Gasteiger partial charge is 0.382 e. The minimum Gasteiger partial charge on any atom is -0.382 e. The Balaban J connectivity index is 2.43. The van der Waals surface area contributed by atoms with Gasteiger partial charge in [-0.3, -0.25) is 0 Å². The van der Waals surface area contributed by atoms with Crippen LogP contribution in [0.5, 0.6) is 0 Å². The Hall–Kier alpha value is -0.860.